The Hall–Kier alpha value is 0.400. The zero-order chi connectivity index (χ0) is 10.2. The Bertz CT molecular complexity index is 203. The van der Waals surface area contributed by atoms with Gasteiger partial charge in [0.15, 0.2) is 0 Å². The summed E-state index contributed by atoms with van der Waals surface area (Å²) in [5.74, 6) is 0. The van der Waals surface area contributed by atoms with Gasteiger partial charge in [0.2, 0.25) is 0 Å². The molecule has 0 radical (unpaired) electrons. The van der Waals surface area contributed by atoms with Crippen LogP contribution in [0.2, 0.25) is 0 Å². The lowest BCUT2D eigenvalue weighted by Gasteiger charge is -2.39. The Balaban J connectivity index is 1.82. The molecular formula is C11H21BrN2. The molecular weight excluding hydrogens is 240 g/mol. The van der Waals surface area contributed by atoms with Gasteiger partial charge in [-0.15, -0.1) is 0 Å². The van der Waals surface area contributed by atoms with Crippen molar-refractivity contribution < 1.29 is 0 Å². The van der Waals surface area contributed by atoms with Crippen LogP contribution in [0, 0.1) is 5.41 Å². The van der Waals surface area contributed by atoms with Gasteiger partial charge in [0.05, 0.1) is 0 Å². The SMILES string of the molecule is CC1CN(CC2(CBr)CC2)CCN1C. The lowest BCUT2D eigenvalue weighted by molar-refractivity contribution is 0.0917. The molecule has 3 heteroatoms. The third-order valence-electron chi connectivity index (χ3n) is 3.84. The van der Waals surface area contributed by atoms with Crippen molar-refractivity contribution in [3.8, 4) is 0 Å². The average Bonchev–Trinajstić information content (AvgIpc) is 2.93. The second-order valence-corrected chi connectivity index (χ2v) is 5.76. The van der Waals surface area contributed by atoms with Crippen molar-refractivity contribution in [2.75, 3.05) is 38.6 Å². The molecule has 1 aliphatic heterocycles. The Labute approximate surface area is 95.8 Å². The highest BCUT2D eigenvalue weighted by Gasteiger charge is 2.43. The fraction of sp³-hybridized carbons (Fsp3) is 1.00. The molecule has 2 fully saturated rings. The lowest BCUT2D eigenvalue weighted by Crippen LogP contribution is -2.51. The van der Waals surface area contributed by atoms with E-state index in [4.69, 9.17) is 0 Å². The maximum atomic E-state index is 3.65. The molecule has 1 aliphatic carbocycles. The van der Waals surface area contributed by atoms with Crippen LogP contribution in [0.5, 0.6) is 0 Å². The van der Waals surface area contributed by atoms with E-state index >= 15 is 0 Å². The highest BCUT2D eigenvalue weighted by Crippen LogP contribution is 2.47. The summed E-state index contributed by atoms with van der Waals surface area (Å²) in [4.78, 5) is 5.11. The van der Waals surface area contributed by atoms with E-state index < -0.39 is 0 Å². The summed E-state index contributed by atoms with van der Waals surface area (Å²) >= 11 is 3.65. The minimum absolute atomic E-state index is 0.648. The van der Waals surface area contributed by atoms with Crippen LogP contribution in [0.15, 0.2) is 0 Å². The Morgan fingerprint density at radius 1 is 1.36 bits per heavy atom. The number of halogens is 1. The highest BCUT2D eigenvalue weighted by atomic mass is 79.9. The number of alkyl halides is 1. The first-order chi connectivity index (χ1) is 6.65. The van der Waals surface area contributed by atoms with Gasteiger partial charge < -0.3 is 4.90 Å². The topological polar surface area (TPSA) is 6.48 Å². The Morgan fingerprint density at radius 3 is 2.57 bits per heavy atom. The van der Waals surface area contributed by atoms with Crippen molar-refractivity contribution in [2.45, 2.75) is 25.8 Å². The van der Waals surface area contributed by atoms with Crippen LogP contribution < -0.4 is 0 Å². The van der Waals surface area contributed by atoms with Gasteiger partial charge in [-0.1, -0.05) is 15.9 Å². The Kier molecular flexibility index (Phi) is 3.20. The fourth-order valence-electron chi connectivity index (χ4n) is 2.25. The number of piperazine rings is 1. The third kappa shape index (κ3) is 2.31. The fourth-order valence-corrected chi connectivity index (χ4v) is 2.99. The summed E-state index contributed by atoms with van der Waals surface area (Å²) in [5, 5.41) is 1.20. The van der Waals surface area contributed by atoms with E-state index in [1.54, 1.807) is 0 Å². The van der Waals surface area contributed by atoms with Crippen LogP contribution in [-0.2, 0) is 0 Å². The second-order valence-electron chi connectivity index (χ2n) is 5.20. The molecule has 1 atom stereocenters. The number of hydrogen-bond acceptors (Lipinski definition) is 2. The zero-order valence-electron chi connectivity index (χ0n) is 9.30. The van der Waals surface area contributed by atoms with Gasteiger partial charge in [-0.05, 0) is 32.2 Å². The first-order valence-electron chi connectivity index (χ1n) is 5.64. The van der Waals surface area contributed by atoms with Gasteiger partial charge >= 0.3 is 0 Å². The van der Waals surface area contributed by atoms with Crippen molar-refractivity contribution in [1.82, 2.24) is 9.80 Å². The van der Waals surface area contributed by atoms with Crippen molar-refractivity contribution in [3.63, 3.8) is 0 Å². The van der Waals surface area contributed by atoms with Crippen LogP contribution in [0.3, 0.4) is 0 Å². The quantitative estimate of drug-likeness (QED) is 0.715. The van der Waals surface area contributed by atoms with Crippen LogP contribution in [0.1, 0.15) is 19.8 Å². The molecule has 2 aliphatic rings. The van der Waals surface area contributed by atoms with Crippen LogP contribution in [0.4, 0.5) is 0 Å². The standard InChI is InChI=1S/C11H21BrN2/c1-10-7-14(6-5-13(10)2)9-11(8-12)3-4-11/h10H,3-9H2,1-2H3. The molecule has 14 heavy (non-hydrogen) atoms. The van der Waals surface area contributed by atoms with Gasteiger partial charge in [-0.3, -0.25) is 4.90 Å². The smallest absolute Gasteiger partial charge is 0.0192 e. The normalized spacial score (nSPS) is 33.2. The highest BCUT2D eigenvalue weighted by molar-refractivity contribution is 9.09. The largest absolute Gasteiger partial charge is 0.301 e. The second kappa shape index (κ2) is 4.11. The van der Waals surface area contributed by atoms with E-state index in [0.29, 0.717) is 5.41 Å². The van der Waals surface area contributed by atoms with E-state index in [1.807, 2.05) is 0 Å². The van der Waals surface area contributed by atoms with E-state index in [1.165, 1.54) is 44.4 Å². The molecule has 1 saturated carbocycles. The zero-order valence-corrected chi connectivity index (χ0v) is 10.9. The minimum Gasteiger partial charge on any atom is -0.301 e. The van der Waals surface area contributed by atoms with E-state index in [9.17, 15) is 0 Å². The average molecular weight is 261 g/mol. The first-order valence-corrected chi connectivity index (χ1v) is 6.76. The summed E-state index contributed by atoms with van der Waals surface area (Å²) in [5.41, 5.74) is 0.648. The van der Waals surface area contributed by atoms with Gasteiger partial charge in [0, 0.05) is 37.6 Å². The van der Waals surface area contributed by atoms with Crippen molar-refractivity contribution in [2.24, 2.45) is 5.41 Å². The maximum Gasteiger partial charge on any atom is 0.0192 e. The maximum absolute atomic E-state index is 3.65. The number of likely N-dealkylation sites (N-methyl/N-ethyl adjacent to an activating group) is 1. The molecule has 0 spiro atoms. The molecule has 1 unspecified atom stereocenters. The molecule has 0 aromatic heterocycles. The molecule has 1 saturated heterocycles. The first kappa shape index (κ1) is 10.9. The van der Waals surface area contributed by atoms with E-state index in [-0.39, 0.29) is 0 Å². The van der Waals surface area contributed by atoms with Crippen LogP contribution in [0.25, 0.3) is 0 Å². The Morgan fingerprint density at radius 2 is 2.07 bits per heavy atom. The predicted molar refractivity (Wildman–Crippen MR) is 64.0 cm³/mol. The molecule has 2 rings (SSSR count). The number of rotatable bonds is 3. The van der Waals surface area contributed by atoms with Crippen molar-refractivity contribution in [1.29, 1.82) is 0 Å². The van der Waals surface area contributed by atoms with Crippen LogP contribution >= 0.6 is 15.9 Å². The summed E-state index contributed by atoms with van der Waals surface area (Å²) in [7, 11) is 2.24. The molecule has 0 amide bonds. The molecule has 0 aromatic rings. The third-order valence-corrected chi connectivity index (χ3v) is 5.03. The van der Waals surface area contributed by atoms with Crippen molar-refractivity contribution in [3.05, 3.63) is 0 Å². The summed E-state index contributed by atoms with van der Waals surface area (Å²) in [6.07, 6.45) is 2.86. The van der Waals surface area contributed by atoms with Crippen molar-refractivity contribution >= 4 is 15.9 Å². The van der Waals surface area contributed by atoms with Crippen LogP contribution in [-0.4, -0.2) is 54.4 Å². The van der Waals surface area contributed by atoms with E-state index in [2.05, 4.69) is 39.7 Å². The summed E-state index contributed by atoms with van der Waals surface area (Å²) < 4.78 is 0. The summed E-state index contributed by atoms with van der Waals surface area (Å²) in [6.45, 7) is 7.40. The number of hydrogen-bond donors (Lipinski definition) is 0. The minimum atomic E-state index is 0.648. The lowest BCUT2D eigenvalue weighted by atomic mass is 10.1. The molecule has 82 valence electrons. The predicted octanol–water partition coefficient (Wildman–Crippen LogP) is 1.80. The molecule has 1 heterocycles. The number of nitrogens with zero attached hydrogens (tertiary/aromatic N) is 2. The van der Waals surface area contributed by atoms with Gasteiger partial charge in [0.1, 0.15) is 0 Å². The van der Waals surface area contributed by atoms with Gasteiger partial charge in [-0.25, -0.2) is 0 Å². The molecule has 0 N–H and O–H groups in total. The van der Waals surface area contributed by atoms with Gasteiger partial charge in [0.25, 0.3) is 0 Å². The molecule has 2 nitrogen and oxygen atoms in total. The molecule has 0 aromatic carbocycles. The van der Waals surface area contributed by atoms with Gasteiger partial charge in [-0.2, -0.15) is 0 Å². The monoisotopic (exact) mass is 260 g/mol. The summed E-state index contributed by atoms with van der Waals surface area (Å²) in [6, 6.07) is 0.731. The van der Waals surface area contributed by atoms with E-state index in [0.717, 1.165) is 6.04 Å². The molecule has 0 bridgehead atoms.